The van der Waals surface area contributed by atoms with E-state index in [0.717, 1.165) is 38.7 Å². The molecule has 1 N–H and O–H groups in total. The van der Waals surface area contributed by atoms with Crippen LogP contribution in [0, 0.1) is 5.82 Å². The molecule has 0 unspecified atom stereocenters. The van der Waals surface area contributed by atoms with Gasteiger partial charge in [0, 0.05) is 57.7 Å². The molecule has 3 rings (SSSR count). The summed E-state index contributed by atoms with van der Waals surface area (Å²) in [5, 5.41) is 2.86. The van der Waals surface area contributed by atoms with E-state index in [2.05, 4.69) is 25.1 Å². The van der Waals surface area contributed by atoms with Gasteiger partial charge in [-0.1, -0.05) is 6.07 Å². The van der Waals surface area contributed by atoms with Crippen molar-refractivity contribution in [3.63, 3.8) is 0 Å². The van der Waals surface area contributed by atoms with E-state index in [1.54, 1.807) is 24.5 Å². The summed E-state index contributed by atoms with van der Waals surface area (Å²) in [6.45, 7) is 4.86. The van der Waals surface area contributed by atoms with Gasteiger partial charge in [0.05, 0.1) is 7.11 Å². The molecule has 1 aliphatic rings. The van der Waals surface area contributed by atoms with Crippen LogP contribution in [0.4, 0.5) is 10.3 Å². The van der Waals surface area contributed by atoms with Crippen LogP contribution >= 0.6 is 0 Å². The van der Waals surface area contributed by atoms with Gasteiger partial charge in [-0.15, -0.1) is 0 Å². The lowest BCUT2D eigenvalue weighted by Gasteiger charge is -2.34. The van der Waals surface area contributed by atoms with Gasteiger partial charge in [0.25, 0.3) is 0 Å². The molecule has 1 saturated heterocycles. The van der Waals surface area contributed by atoms with Gasteiger partial charge >= 0.3 is 0 Å². The Balaban J connectivity index is 1.37. The molecule has 1 aliphatic heterocycles. The molecule has 0 aliphatic carbocycles. The van der Waals surface area contributed by atoms with Gasteiger partial charge in [-0.05, 0) is 29.8 Å². The van der Waals surface area contributed by atoms with Crippen LogP contribution in [0.25, 0.3) is 6.08 Å². The van der Waals surface area contributed by atoms with E-state index in [-0.39, 0.29) is 11.7 Å². The van der Waals surface area contributed by atoms with Gasteiger partial charge in [0.1, 0.15) is 0 Å². The zero-order valence-electron chi connectivity index (χ0n) is 15.8. The minimum Gasteiger partial charge on any atom is -0.494 e. The highest BCUT2D eigenvalue weighted by Crippen LogP contribution is 2.18. The fraction of sp³-hybridized carbons (Fsp3) is 0.350. The number of hydrogen-bond acceptors (Lipinski definition) is 6. The Bertz CT molecular complexity index is 807. The van der Waals surface area contributed by atoms with Crippen molar-refractivity contribution in [2.75, 3.05) is 51.3 Å². The van der Waals surface area contributed by atoms with Crippen LogP contribution in [0.1, 0.15) is 5.56 Å². The number of aromatic nitrogens is 2. The molecule has 2 heterocycles. The van der Waals surface area contributed by atoms with Crippen molar-refractivity contribution < 1.29 is 13.9 Å². The first-order chi connectivity index (χ1) is 13.7. The predicted octanol–water partition coefficient (Wildman–Crippen LogP) is 1.58. The fourth-order valence-corrected chi connectivity index (χ4v) is 2.98. The Morgan fingerprint density at radius 2 is 2.00 bits per heavy atom. The highest BCUT2D eigenvalue weighted by molar-refractivity contribution is 5.91. The Morgan fingerprint density at radius 3 is 2.68 bits per heavy atom. The van der Waals surface area contributed by atoms with Crippen LogP contribution in [0.5, 0.6) is 5.75 Å². The maximum atomic E-state index is 13.6. The third-order valence-electron chi connectivity index (χ3n) is 4.54. The number of nitrogens with zero attached hydrogens (tertiary/aromatic N) is 4. The molecule has 1 aromatic heterocycles. The Kier molecular flexibility index (Phi) is 6.91. The minimum absolute atomic E-state index is 0.181. The molecular formula is C20H24FN5O2. The summed E-state index contributed by atoms with van der Waals surface area (Å²) in [6.07, 6.45) is 6.48. The second-order valence-corrected chi connectivity index (χ2v) is 6.40. The molecule has 8 heteroatoms. The summed E-state index contributed by atoms with van der Waals surface area (Å²) in [5.41, 5.74) is 0.604. The van der Waals surface area contributed by atoms with Crippen molar-refractivity contribution in [3.05, 3.63) is 54.1 Å². The second kappa shape index (κ2) is 9.80. The average Bonchev–Trinajstić information content (AvgIpc) is 2.73. The van der Waals surface area contributed by atoms with E-state index in [9.17, 15) is 9.18 Å². The molecule has 1 aromatic carbocycles. The minimum atomic E-state index is -0.454. The smallest absolute Gasteiger partial charge is 0.244 e. The number of methoxy groups -OCH3 is 1. The highest BCUT2D eigenvalue weighted by Gasteiger charge is 2.18. The van der Waals surface area contributed by atoms with Gasteiger partial charge in [-0.25, -0.2) is 14.4 Å². The Labute approximate surface area is 163 Å². The Morgan fingerprint density at radius 1 is 1.25 bits per heavy atom. The van der Waals surface area contributed by atoms with Crippen LogP contribution in [0.2, 0.25) is 0 Å². The second-order valence-electron chi connectivity index (χ2n) is 6.40. The summed E-state index contributed by atoms with van der Waals surface area (Å²) in [7, 11) is 1.41. The lowest BCUT2D eigenvalue weighted by atomic mass is 10.2. The molecule has 7 nitrogen and oxygen atoms in total. The van der Waals surface area contributed by atoms with E-state index in [1.165, 1.54) is 25.3 Å². The molecule has 2 aromatic rings. The lowest BCUT2D eigenvalue weighted by molar-refractivity contribution is -0.116. The number of rotatable bonds is 7. The van der Waals surface area contributed by atoms with E-state index < -0.39 is 5.82 Å². The maximum absolute atomic E-state index is 13.6. The number of benzene rings is 1. The number of carbonyl (C=O) groups is 1. The summed E-state index contributed by atoms with van der Waals surface area (Å²) >= 11 is 0. The van der Waals surface area contributed by atoms with Crippen LogP contribution in [-0.4, -0.2) is 67.2 Å². The summed E-state index contributed by atoms with van der Waals surface area (Å²) in [6, 6.07) is 6.37. The van der Waals surface area contributed by atoms with Crippen LogP contribution < -0.4 is 15.0 Å². The van der Waals surface area contributed by atoms with Crippen LogP contribution in [0.15, 0.2) is 42.7 Å². The number of amides is 1. The number of anilines is 1. The molecule has 148 valence electrons. The highest BCUT2D eigenvalue weighted by atomic mass is 19.1. The zero-order valence-corrected chi connectivity index (χ0v) is 15.8. The van der Waals surface area contributed by atoms with Crippen molar-refractivity contribution in [3.8, 4) is 5.75 Å². The normalized spacial score (nSPS) is 15.0. The number of piperazine rings is 1. The molecule has 1 fully saturated rings. The molecular weight excluding hydrogens is 361 g/mol. The molecule has 28 heavy (non-hydrogen) atoms. The Hall–Kier alpha value is -3.00. The van der Waals surface area contributed by atoms with Gasteiger partial charge < -0.3 is 15.0 Å². The summed E-state index contributed by atoms with van der Waals surface area (Å²) in [5.74, 6) is 0.286. The van der Waals surface area contributed by atoms with E-state index in [1.807, 2.05) is 6.07 Å². The van der Waals surface area contributed by atoms with Gasteiger partial charge in [-0.2, -0.15) is 0 Å². The summed E-state index contributed by atoms with van der Waals surface area (Å²) < 4.78 is 18.5. The quantitative estimate of drug-likeness (QED) is 0.730. The largest absolute Gasteiger partial charge is 0.494 e. The van der Waals surface area contributed by atoms with Gasteiger partial charge in [0.2, 0.25) is 11.9 Å². The number of hydrogen-bond donors (Lipinski definition) is 1. The van der Waals surface area contributed by atoms with Crippen LogP contribution in [0.3, 0.4) is 0 Å². The van der Waals surface area contributed by atoms with E-state index in [4.69, 9.17) is 4.74 Å². The average molecular weight is 385 g/mol. The maximum Gasteiger partial charge on any atom is 0.244 e. The molecule has 0 radical (unpaired) electrons. The number of halogens is 1. The lowest BCUT2D eigenvalue weighted by Crippen LogP contribution is -2.48. The van der Waals surface area contributed by atoms with Crippen molar-refractivity contribution >= 4 is 17.9 Å². The molecule has 0 saturated carbocycles. The number of nitrogens with one attached hydrogen (secondary N) is 1. The molecule has 0 bridgehead atoms. The van der Waals surface area contributed by atoms with E-state index in [0.29, 0.717) is 12.1 Å². The topological polar surface area (TPSA) is 70.6 Å². The first kappa shape index (κ1) is 19.8. The fourth-order valence-electron chi connectivity index (χ4n) is 2.98. The monoisotopic (exact) mass is 385 g/mol. The van der Waals surface area contributed by atoms with Crippen molar-refractivity contribution in [1.29, 1.82) is 0 Å². The SMILES string of the molecule is COc1ccc(C=CC(=O)NCCN2CCN(c3ncccn3)CC2)cc1F. The third kappa shape index (κ3) is 5.50. The third-order valence-corrected chi connectivity index (χ3v) is 4.54. The molecule has 1 amide bonds. The first-order valence-electron chi connectivity index (χ1n) is 9.19. The predicted molar refractivity (Wildman–Crippen MR) is 106 cm³/mol. The molecule has 0 atom stereocenters. The summed E-state index contributed by atoms with van der Waals surface area (Å²) in [4.78, 5) is 24.9. The van der Waals surface area contributed by atoms with Crippen molar-refractivity contribution in [2.24, 2.45) is 0 Å². The van der Waals surface area contributed by atoms with Crippen molar-refractivity contribution in [2.45, 2.75) is 0 Å². The van der Waals surface area contributed by atoms with E-state index >= 15 is 0 Å². The molecule has 0 spiro atoms. The van der Waals surface area contributed by atoms with Gasteiger partial charge in [0.15, 0.2) is 11.6 Å². The number of carbonyl (C=O) groups excluding carboxylic acids is 1. The van der Waals surface area contributed by atoms with Crippen molar-refractivity contribution in [1.82, 2.24) is 20.2 Å². The number of ether oxygens (including phenoxy) is 1. The first-order valence-corrected chi connectivity index (χ1v) is 9.19. The zero-order chi connectivity index (χ0) is 19.8. The van der Waals surface area contributed by atoms with Crippen LogP contribution in [-0.2, 0) is 4.79 Å². The standard InChI is InChI=1S/C20H24FN5O2/c1-28-18-5-3-16(15-17(18)21)4-6-19(27)22-9-10-25-11-13-26(14-12-25)20-23-7-2-8-24-20/h2-8,15H,9-14H2,1H3,(H,22,27). The van der Waals surface area contributed by atoms with Gasteiger partial charge in [-0.3, -0.25) is 9.69 Å².